The quantitative estimate of drug-likeness (QED) is 0.677. The fraction of sp³-hybridized carbons (Fsp3) is 0.750. The van der Waals surface area contributed by atoms with Gasteiger partial charge >= 0.3 is 0 Å². The number of carbonyl (C=O) groups is 1. The first-order chi connectivity index (χ1) is 11.1. The summed E-state index contributed by atoms with van der Waals surface area (Å²) in [5.41, 5.74) is 0.978. The van der Waals surface area contributed by atoms with E-state index in [0.29, 0.717) is 19.8 Å². The van der Waals surface area contributed by atoms with Crippen LogP contribution in [0.25, 0.3) is 0 Å². The van der Waals surface area contributed by atoms with E-state index in [-0.39, 0.29) is 17.9 Å². The summed E-state index contributed by atoms with van der Waals surface area (Å²) in [4.78, 5) is 14.5. The van der Waals surface area contributed by atoms with E-state index in [1.807, 2.05) is 29.7 Å². The second kappa shape index (κ2) is 9.00. The van der Waals surface area contributed by atoms with Crippen LogP contribution in [0.2, 0.25) is 0 Å². The normalized spacial score (nSPS) is 21.0. The minimum Gasteiger partial charge on any atom is -0.385 e. The molecule has 0 radical (unpaired) electrons. The van der Waals surface area contributed by atoms with Crippen LogP contribution in [0.5, 0.6) is 0 Å². The number of hydrogen-bond donors (Lipinski definition) is 1. The standard InChI is InChI=1S/C16H28N4O3/c1-19(2)10-8-17-16(21)13-6-12-23-15(13)14-5-7-18-20(14)9-4-11-22-3/h5,7,13,15H,4,6,8-12H2,1-3H3,(H,17,21)/t13-,15-/m0/s1. The lowest BCUT2D eigenvalue weighted by atomic mass is 9.98. The fourth-order valence-corrected chi connectivity index (χ4v) is 2.81. The van der Waals surface area contributed by atoms with Gasteiger partial charge in [0, 0.05) is 46.2 Å². The Hall–Kier alpha value is -1.44. The molecule has 1 aliphatic heterocycles. The van der Waals surface area contributed by atoms with Gasteiger partial charge < -0.3 is 19.7 Å². The Bertz CT molecular complexity index is 489. The first-order valence-electron chi connectivity index (χ1n) is 8.18. The number of likely N-dealkylation sites (N-methyl/N-ethyl adjacent to an activating group) is 1. The lowest BCUT2D eigenvalue weighted by Gasteiger charge is -2.20. The second-order valence-electron chi connectivity index (χ2n) is 6.11. The van der Waals surface area contributed by atoms with Crippen molar-refractivity contribution in [3.63, 3.8) is 0 Å². The predicted molar refractivity (Wildman–Crippen MR) is 87.1 cm³/mol. The Morgan fingerprint density at radius 3 is 3.13 bits per heavy atom. The van der Waals surface area contributed by atoms with Crippen molar-refractivity contribution in [1.82, 2.24) is 20.0 Å². The number of rotatable bonds is 9. The minimum absolute atomic E-state index is 0.0685. The lowest BCUT2D eigenvalue weighted by molar-refractivity contribution is -0.126. The molecule has 0 unspecified atom stereocenters. The van der Waals surface area contributed by atoms with Gasteiger partial charge in [0.15, 0.2) is 0 Å². The first kappa shape index (κ1) is 17.9. The van der Waals surface area contributed by atoms with E-state index in [2.05, 4.69) is 10.4 Å². The van der Waals surface area contributed by atoms with Crippen LogP contribution in [-0.4, -0.2) is 68.1 Å². The summed E-state index contributed by atoms with van der Waals surface area (Å²) in [5.74, 6) is -0.0750. The molecule has 2 atom stereocenters. The van der Waals surface area contributed by atoms with Crippen molar-refractivity contribution < 1.29 is 14.3 Å². The van der Waals surface area contributed by atoms with Gasteiger partial charge in [0.05, 0.1) is 11.6 Å². The zero-order chi connectivity index (χ0) is 16.7. The van der Waals surface area contributed by atoms with Crippen LogP contribution in [-0.2, 0) is 20.8 Å². The van der Waals surface area contributed by atoms with E-state index in [1.165, 1.54) is 0 Å². The number of amides is 1. The number of carbonyl (C=O) groups excluding carboxylic acids is 1. The van der Waals surface area contributed by atoms with E-state index < -0.39 is 0 Å². The third-order valence-corrected chi connectivity index (χ3v) is 4.05. The van der Waals surface area contributed by atoms with Crippen LogP contribution < -0.4 is 5.32 Å². The number of hydrogen-bond acceptors (Lipinski definition) is 5. The maximum Gasteiger partial charge on any atom is 0.226 e. The van der Waals surface area contributed by atoms with Crippen molar-refractivity contribution in [2.24, 2.45) is 5.92 Å². The summed E-state index contributed by atoms with van der Waals surface area (Å²) >= 11 is 0. The van der Waals surface area contributed by atoms with Gasteiger partial charge in [-0.2, -0.15) is 5.10 Å². The van der Waals surface area contributed by atoms with Gasteiger partial charge in [0.25, 0.3) is 0 Å². The van der Waals surface area contributed by atoms with E-state index in [9.17, 15) is 4.79 Å². The molecule has 130 valence electrons. The third-order valence-electron chi connectivity index (χ3n) is 4.05. The van der Waals surface area contributed by atoms with Gasteiger partial charge in [0.2, 0.25) is 5.91 Å². The predicted octanol–water partition coefficient (Wildman–Crippen LogP) is 0.675. The molecule has 1 N–H and O–H groups in total. The van der Waals surface area contributed by atoms with E-state index in [0.717, 1.165) is 31.6 Å². The summed E-state index contributed by atoms with van der Waals surface area (Å²) in [6.07, 6.45) is 3.20. The smallest absolute Gasteiger partial charge is 0.226 e. The van der Waals surface area contributed by atoms with E-state index in [4.69, 9.17) is 9.47 Å². The van der Waals surface area contributed by atoms with Crippen LogP contribution in [0.15, 0.2) is 12.3 Å². The molecule has 2 heterocycles. The highest BCUT2D eigenvalue weighted by atomic mass is 16.5. The summed E-state index contributed by atoms with van der Waals surface area (Å²) in [5, 5.41) is 7.36. The Morgan fingerprint density at radius 2 is 2.39 bits per heavy atom. The number of methoxy groups -OCH3 is 1. The van der Waals surface area contributed by atoms with Gasteiger partial charge in [-0.3, -0.25) is 9.48 Å². The molecule has 1 aromatic rings. The monoisotopic (exact) mass is 324 g/mol. The Labute approximate surface area is 137 Å². The highest BCUT2D eigenvalue weighted by molar-refractivity contribution is 5.79. The number of nitrogens with zero attached hydrogens (tertiary/aromatic N) is 3. The molecule has 2 rings (SSSR count). The number of nitrogens with one attached hydrogen (secondary N) is 1. The van der Waals surface area contributed by atoms with Crippen LogP contribution >= 0.6 is 0 Å². The Balaban J connectivity index is 1.95. The third kappa shape index (κ3) is 5.02. The lowest BCUT2D eigenvalue weighted by Crippen LogP contribution is -2.37. The Kier molecular flexibility index (Phi) is 7.01. The molecule has 1 amide bonds. The topological polar surface area (TPSA) is 68.6 Å². The largest absolute Gasteiger partial charge is 0.385 e. The highest BCUT2D eigenvalue weighted by Crippen LogP contribution is 2.34. The van der Waals surface area contributed by atoms with Crippen LogP contribution in [0.4, 0.5) is 0 Å². The van der Waals surface area contributed by atoms with Crippen molar-refractivity contribution in [2.75, 3.05) is 47.5 Å². The molecular formula is C16H28N4O3. The molecule has 0 saturated carbocycles. The highest BCUT2D eigenvalue weighted by Gasteiger charge is 2.36. The van der Waals surface area contributed by atoms with Crippen LogP contribution in [0, 0.1) is 5.92 Å². The number of aryl methyl sites for hydroxylation is 1. The molecule has 0 aliphatic carbocycles. The average Bonchev–Trinajstić information content (AvgIpc) is 3.15. The molecule has 23 heavy (non-hydrogen) atoms. The van der Waals surface area contributed by atoms with Crippen molar-refractivity contribution >= 4 is 5.91 Å². The van der Waals surface area contributed by atoms with Gasteiger partial charge in [-0.25, -0.2) is 0 Å². The summed E-state index contributed by atoms with van der Waals surface area (Å²) < 4.78 is 12.9. The number of aromatic nitrogens is 2. The molecular weight excluding hydrogens is 296 g/mol. The summed E-state index contributed by atoms with van der Waals surface area (Å²) in [7, 11) is 5.68. The van der Waals surface area contributed by atoms with E-state index in [1.54, 1.807) is 13.3 Å². The van der Waals surface area contributed by atoms with Crippen molar-refractivity contribution in [1.29, 1.82) is 0 Å². The summed E-state index contributed by atoms with van der Waals surface area (Å²) in [6.45, 7) is 3.56. The second-order valence-corrected chi connectivity index (χ2v) is 6.11. The molecule has 1 aliphatic rings. The Morgan fingerprint density at radius 1 is 1.57 bits per heavy atom. The summed E-state index contributed by atoms with van der Waals surface area (Å²) in [6, 6.07) is 1.95. The van der Waals surface area contributed by atoms with Crippen molar-refractivity contribution in [3.05, 3.63) is 18.0 Å². The van der Waals surface area contributed by atoms with Gasteiger partial charge in [-0.15, -0.1) is 0 Å². The molecule has 0 spiro atoms. The van der Waals surface area contributed by atoms with Gasteiger partial charge in [0.1, 0.15) is 6.10 Å². The van der Waals surface area contributed by atoms with Crippen LogP contribution in [0.1, 0.15) is 24.6 Å². The average molecular weight is 324 g/mol. The van der Waals surface area contributed by atoms with Crippen molar-refractivity contribution in [3.8, 4) is 0 Å². The molecule has 7 nitrogen and oxygen atoms in total. The minimum atomic E-state index is -0.209. The molecule has 7 heteroatoms. The first-order valence-corrected chi connectivity index (χ1v) is 8.18. The van der Waals surface area contributed by atoms with Gasteiger partial charge in [-0.05, 0) is 33.0 Å². The molecule has 1 aromatic heterocycles. The number of ether oxygens (including phenoxy) is 2. The fourth-order valence-electron chi connectivity index (χ4n) is 2.81. The maximum atomic E-state index is 12.4. The molecule has 1 saturated heterocycles. The molecule has 0 aromatic carbocycles. The van der Waals surface area contributed by atoms with Gasteiger partial charge in [-0.1, -0.05) is 0 Å². The van der Waals surface area contributed by atoms with E-state index >= 15 is 0 Å². The SMILES string of the molecule is COCCCn1nccc1[C@H]1OCC[C@@H]1C(=O)NCCN(C)C. The zero-order valence-electron chi connectivity index (χ0n) is 14.3. The molecule has 0 bridgehead atoms. The maximum absolute atomic E-state index is 12.4. The zero-order valence-corrected chi connectivity index (χ0v) is 14.3. The van der Waals surface area contributed by atoms with Crippen LogP contribution in [0.3, 0.4) is 0 Å². The molecule has 1 fully saturated rings. The van der Waals surface area contributed by atoms with Crippen molar-refractivity contribution in [2.45, 2.75) is 25.5 Å².